The van der Waals surface area contributed by atoms with E-state index in [2.05, 4.69) is 5.32 Å². The van der Waals surface area contributed by atoms with Gasteiger partial charge >= 0.3 is 0 Å². The van der Waals surface area contributed by atoms with E-state index in [1.807, 2.05) is 68.4 Å². The van der Waals surface area contributed by atoms with Gasteiger partial charge in [-0.25, -0.2) is 0 Å². The molecule has 2 aromatic rings. The first-order chi connectivity index (χ1) is 13.9. The van der Waals surface area contributed by atoms with Crippen molar-refractivity contribution in [2.75, 3.05) is 12.3 Å². The number of hydrogen-bond acceptors (Lipinski definition) is 3. The molecule has 1 unspecified atom stereocenters. The van der Waals surface area contributed by atoms with E-state index in [0.29, 0.717) is 35.5 Å². The van der Waals surface area contributed by atoms with Crippen LogP contribution in [-0.2, 0) is 21.9 Å². The van der Waals surface area contributed by atoms with E-state index in [4.69, 9.17) is 11.6 Å². The van der Waals surface area contributed by atoms with E-state index < -0.39 is 6.04 Å². The molecule has 0 aliphatic heterocycles. The lowest BCUT2D eigenvalue weighted by Crippen LogP contribution is -2.48. The summed E-state index contributed by atoms with van der Waals surface area (Å²) >= 11 is 7.55. The summed E-state index contributed by atoms with van der Waals surface area (Å²) in [5, 5.41) is 3.63. The van der Waals surface area contributed by atoms with Crippen LogP contribution in [-0.4, -0.2) is 35.1 Å². The summed E-state index contributed by atoms with van der Waals surface area (Å²) < 4.78 is 0. The van der Waals surface area contributed by atoms with E-state index >= 15 is 0 Å². The predicted octanol–water partition coefficient (Wildman–Crippen LogP) is 4.76. The summed E-state index contributed by atoms with van der Waals surface area (Å²) in [6.07, 6.45) is 0. The van der Waals surface area contributed by atoms with Crippen molar-refractivity contribution < 1.29 is 9.59 Å². The molecule has 0 aromatic heterocycles. The van der Waals surface area contributed by atoms with Crippen LogP contribution in [0.3, 0.4) is 0 Å². The quantitative estimate of drug-likeness (QED) is 0.588. The second-order valence-electron chi connectivity index (χ2n) is 7.44. The van der Waals surface area contributed by atoms with Crippen molar-refractivity contribution in [2.24, 2.45) is 5.92 Å². The van der Waals surface area contributed by atoms with Crippen LogP contribution in [0, 0.1) is 5.92 Å². The fourth-order valence-electron chi connectivity index (χ4n) is 2.78. The van der Waals surface area contributed by atoms with Crippen molar-refractivity contribution in [1.29, 1.82) is 0 Å². The molecule has 29 heavy (non-hydrogen) atoms. The lowest BCUT2D eigenvalue weighted by Gasteiger charge is -2.29. The van der Waals surface area contributed by atoms with Crippen molar-refractivity contribution in [2.45, 2.75) is 39.1 Å². The van der Waals surface area contributed by atoms with Crippen LogP contribution in [0.4, 0.5) is 0 Å². The lowest BCUT2D eigenvalue weighted by atomic mass is 10.1. The van der Waals surface area contributed by atoms with Gasteiger partial charge in [0.2, 0.25) is 11.8 Å². The molecule has 0 aliphatic rings. The zero-order valence-corrected chi connectivity index (χ0v) is 18.8. The maximum Gasteiger partial charge on any atom is 0.242 e. The zero-order chi connectivity index (χ0) is 21.2. The molecule has 1 atom stereocenters. The molecular weight excluding hydrogens is 404 g/mol. The average molecular weight is 433 g/mol. The van der Waals surface area contributed by atoms with E-state index in [0.717, 1.165) is 11.1 Å². The van der Waals surface area contributed by atoms with Crippen molar-refractivity contribution in [1.82, 2.24) is 10.2 Å². The Labute approximate surface area is 183 Å². The summed E-state index contributed by atoms with van der Waals surface area (Å²) in [6, 6.07) is 16.9. The highest BCUT2D eigenvalue weighted by Gasteiger charge is 2.26. The summed E-state index contributed by atoms with van der Waals surface area (Å²) in [6.45, 7) is 6.89. The molecule has 0 radical (unpaired) electrons. The van der Waals surface area contributed by atoms with Crippen LogP contribution < -0.4 is 5.32 Å². The molecule has 0 saturated carbocycles. The largest absolute Gasteiger partial charge is 0.354 e. The van der Waals surface area contributed by atoms with Gasteiger partial charge in [0, 0.05) is 23.9 Å². The van der Waals surface area contributed by atoms with Gasteiger partial charge in [-0.3, -0.25) is 9.59 Å². The molecule has 2 amide bonds. The fraction of sp³-hybridized carbons (Fsp3) is 0.391. The van der Waals surface area contributed by atoms with Crippen LogP contribution in [0.2, 0.25) is 5.02 Å². The van der Waals surface area contributed by atoms with Gasteiger partial charge in [-0.05, 0) is 36.1 Å². The van der Waals surface area contributed by atoms with Gasteiger partial charge in [0.15, 0.2) is 0 Å². The molecule has 0 aliphatic carbocycles. The molecule has 156 valence electrons. The molecule has 2 aromatic carbocycles. The predicted molar refractivity (Wildman–Crippen MR) is 122 cm³/mol. The maximum absolute atomic E-state index is 13.0. The van der Waals surface area contributed by atoms with Crippen molar-refractivity contribution in [3.05, 3.63) is 70.7 Å². The Hall–Kier alpha value is -1.98. The fourth-order valence-corrected chi connectivity index (χ4v) is 3.85. The number of benzene rings is 2. The van der Waals surface area contributed by atoms with Crippen LogP contribution in [0.1, 0.15) is 31.9 Å². The number of hydrogen-bond donors (Lipinski definition) is 1. The number of rotatable bonds is 10. The first kappa shape index (κ1) is 23.3. The van der Waals surface area contributed by atoms with Gasteiger partial charge in [-0.2, -0.15) is 0 Å². The third-order valence-electron chi connectivity index (χ3n) is 4.43. The van der Waals surface area contributed by atoms with Gasteiger partial charge in [0.25, 0.3) is 0 Å². The Kier molecular flexibility index (Phi) is 9.55. The van der Waals surface area contributed by atoms with E-state index in [-0.39, 0.29) is 11.8 Å². The SMILES string of the molecule is CC(C)CNC(=O)C(C)N(Cc1ccccc1)C(=O)CSCc1cccc(Cl)c1. The molecule has 0 bridgehead atoms. The number of halogens is 1. The van der Waals surface area contributed by atoms with Gasteiger partial charge < -0.3 is 10.2 Å². The third-order valence-corrected chi connectivity index (χ3v) is 5.65. The van der Waals surface area contributed by atoms with Crippen LogP contribution in [0.15, 0.2) is 54.6 Å². The molecule has 1 N–H and O–H groups in total. The maximum atomic E-state index is 13.0. The van der Waals surface area contributed by atoms with Gasteiger partial charge in [0.05, 0.1) is 5.75 Å². The number of carbonyl (C=O) groups excluding carboxylic acids is 2. The monoisotopic (exact) mass is 432 g/mol. The van der Waals surface area contributed by atoms with Gasteiger partial charge in [0.1, 0.15) is 6.04 Å². The highest BCUT2D eigenvalue weighted by molar-refractivity contribution is 7.99. The normalized spacial score (nSPS) is 11.9. The van der Waals surface area contributed by atoms with E-state index in [9.17, 15) is 9.59 Å². The van der Waals surface area contributed by atoms with E-state index in [1.54, 1.807) is 11.8 Å². The zero-order valence-electron chi connectivity index (χ0n) is 17.2. The molecule has 4 nitrogen and oxygen atoms in total. The number of thioether (sulfide) groups is 1. The summed E-state index contributed by atoms with van der Waals surface area (Å²) in [5.74, 6) is 1.19. The molecule has 0 fully saturated rings. The third kappa shape index (κ3) is 8.11. The van der Waals surface area contributed by atoms with Gasteiger partial charge in [-0.1, -0.05) is 67.9 Å². The smallest absolute Gasteiger partial charge is 0.242 e. The van der Waals surface area contributed by atoms with Crippen molar-refractivity contribution in [3.8, 4) is 0 Å². The Morgan fingerprint density at radius 1 is 1.03 bits per heavy atom. The number of nitrogens with one attached hydrogen (secondary N) is 1. The molecule has 6 heteroatoms. The molecule has 0 saturated heterocycles. The minimum Gasteiger partial charge on any atom is -0.354 e. The Bertz CT molecular complexity index is 798. The Morgan fingerprint density at radius 3 is 2.38 bits per heavy atom. The van der Waals surface area contributed by atoms with Crippen LogP contribution in [0.25, 0.3) is 0 Å². The number of carbonyl (C=O) groups is 2. The second-order valence-corrected chi connectivity index (χ2v) is 8.87. The van der Waals surface area contributed by atoms with Crippen molar-refractivity contribution in [3.63, 3.8) is 0 Å². The minimum atomic E-state index is -0.534. The number of amides is 2. The summed E-state index contributed by atoms with van der Waals surface area (Å²) in [5.41, 5.74) is 2.08. The molecular formula is C23H29ClN2O2S. The molecule has 2 rings (SSSR count). The Balaban J connectivity index is 2.02. The highest BCUT2D eigenvalue weighted by atomic mass is 35.5. The minimum absolute atomic E-state index is 0.0481. The van der Waals surface area contributed by atoms with E-state index in [1.165, 1.54) is 11.8 Å². The second kappa shape index (κ2) is 11.9. The first-order valence-electron chi connectivity index (χ1n) is 9.80. The molecule has 0 spiro atoms. The summed E-state index contributed by atoms with van der Waals surface area (Å²) in [4.78, 5) is 27.2. The standard InChI is InChI=1S/C23H29ClN2O2S/c1-17(2)13-25-23(28)18(3)26(14-19-8-5-4-6-9-19)22(27)16-29-15-20-10-7-11-21(24)12-20/h4-12,17-18H,13-16H2,1-3H3,(H,25,28). The molecule has 0 heterocycles. The van der Waals surface area contributed by atoms with Gasteiger partial charge in [-0.15, -0.1) is 11.8 Å². The van der Waals surface area contributed by atoms with Crippen molar-refractivity contribution >= 4 is 35.2 Å². The highest BCUT2D eigenvalue weighted by Crippen LogP contribution is 2.18. The average Bonchev–Trinajstić information content (AvgIpc) is 2.70. The topological polar surface area (TPSA) is 49.4 Å². The first-order valence-corrected chi connectivity index (χ1v) is 11.3. The van der Waals surface area contributed by atoms with Crippen LogP contribution >= 0.6 is 23.4 Å². The Morgan fingerprint density at radius 2 is 1.72 bits per heavy atom. The number of nitrogens with zero attached hydrogens (tertiary/aromatic N) is 1. The summed E-state index contributed by atoms with van der Waals surface area (Å²) in [7, 11) is 0. The van der Waals surface area contributed by atoms with Crippen LogP contribution in [0.5, 0.6) is 0 Å². The lowest BCUT2D eigenvalue weighted by molar-refractivity contribution is -0.138.